The van der Waals surface area contributed by atoms with Crippen LogP contribution in [0.15, 0.2) is 12.2 Å². The van der Waals surface area contributed by atoms with E-state index in [1.54, 1.807) is 0 Å². The average molecular weight is 166 g/mol. The van der Waals surface area contributed by atoms with Crippen LogP contribution in [-0.4, -0.2) is 0 Å². The van der Waals surface area contributed by atoms with Crippen LogP contribution in [0.3, 0.4) is 0 Å². The van der Waals surface area contributed by atoms with Crippen LogP contribution in [0.5, 0.6) is 0 Å². The number of unbranched alkanes of at least 4 members (excludes halogenated alkanes) is 1. The van der Waals surface area contributed by atoms with E-state index in [9.17, 15) is 0 Å². The van der Waals surface area contributed by atoms with Crippen molar-refractivity contribution in [1.29, 1.82) is 0 Å². The Hall–Kier alpha value is -0.260. The quantitative estimate of drug-likeness (QED) is 0.548. The van der Waals surface area contributed by atoms with Gasteiger partial charge in [0.05, 0.1) is 0 Å². The molecular weight excluding hydrogens is 144 g/mol. The molecule has 0 radical (unpaired) electrons. The number of allylic oxidation sites excluding steroid dienone is 1. The Labute approximate surface area is 77.1 Å². The van der Waals surface area contributed by atoms with Gasteiger partial charge < -0.3 is 0 Å². The molecule has 0 heterocycles. The lowest BCUT2D eigenvalue weighted by Gasteiger charge is -2.34. The molecule has 0 bridgehead atoms. The third-order valence-electron chi connectivity index (χ3n) is 3.30. The number of hydrogen-bond donors (Lipinski definition) is 0. The second kappa shape index (κ2) is 4.11. The zero-order valence-electron chi connectivity index (χ0n) is 8.66. The van der Waals surface area contributed by atoms with Gasteiger partial charge in [-0.2, -0.15) is 0 Å². The molecule has 0 heteroatoms. The first-order chi connectivity index (χ1) is 5.66. The fourth-order valence-corrected chi connectivity index (χ4v) is 2.06. The van der Waals surface area contributed by atoms with Crippen molar-refractivity contribution < 1.29 is 0 Å². The second-order valence-electron chi connectivity index (χ2n) is 4.66. The van der Waals surface area contributed by atoms with Crippen LogP contribution in [-0.2, 0) is 0 Å². The fraction of sp³-hybridized carbons (Fsp3) is 0.833. The van der Waals surface area contributed by atoms with Gasteiger partial charge in [-0.15, -0.1) is 0 Å². The van der Waals surface area contributed by atoms with Gasteiger partial charge in [-0.25, -0.2) is 0 Å². The monoisotopic (exact) mass is 166 g/mol. The molecule has 1 aliphatic carbocycles. The lowest BCUT2D eigenvalue weighted by Crippen LogP contribution is -2.20. The summed E-state index contributed by atoms with van der Waals surface area (Å²) in [6.45, 7) is 8.80. The summed E-state index contributed by atoms with van der Waals surface area (Å²) in [5.74, 6) is 0. The van der Waals surface area contributed by atoms with E-state index in [0.717, 1.165) is 0 Å². The standard InChI is InChI=1S/C12H22/c1-4-5-8-12(3)9-6-11(2)7-10-12/h2,4-10H2,1,3H3. The lowest BCUT2D eigenvalue weighted by molar-refractivity contribution is 0.220. The van der Waals surface area contributed by atoms with Crippen molar-refractivity contribution in [3.05, 3.63) is 12.2 Å². The van der Waals surface area contributed by atoms with Crippen LogP contribution >= 0.6 is 0 Å². The summed E-state index contributed by atoms with van der Waals surface area (Å²) in [6.07, 6.45) is 9.49. The van der Waals surface area contributed by atoms with Crippen molar-refractivity contribution >= 4 is 0 Å². The van der Waals surface area contributed by atoms with Crippen LogP contribution in [0.25, 0.3) is 0 Å². The van der Waals surface area contributed by atoms with Crippen molar-refractivity contribution in [3.8, 4) is 0 Å². The van der Waals surface area contributed by atoms with E-state index in [1.165, 1.54) is 50.5 Å². The van der Waals surface area contributed by atoms with E-state index in [1.807, 2.05) is 0 Å². The summed E-state index contributed by atoms with van der Waals surface area (Å²) < 4.78 is 0. The van der Waals surface area contributed by atoms with Gasteiger partial charge in [0.15, 0.2) is 0 Å². The first-order valence-corrected chi connectivity index (χ1v) is 5.33. The van der Waals surface area contributed by atoms with Gasteiger partial charge in [-0.05, 0) is 37.5 Å². The minimum Gasteiger partial charge on any atom is -0.0999 e. The summed E-state index contributed by atoms with van der Waals surface area (Å²) in [6, 6.07) is 0. The normalized spacial score (nSPS) is 22.7. The summed E-state index contributed by atoms with van der Waals surface area (Å²) in [7, 11) is 0. The molecule has 12 heavy (non-hydrogen) atoms. The van der Waals surface area contributed by atoms with E-state index in [2.05, 4.69) is 20.4 Å². The zero-order valence-corrected chi connectivity index (χ0v) is 8.66. The maximum absolute atomic E-state index is 4.06. The highest BCUT2D eigenvalue weighted by molar-refractivity contribution is 5.01. The van der Waals surface area contributed by atoms with Gasteiger partial charge in [0, 0.05) is 0 Å². The highest BCUT2D eigenvalue weighted by atomic mass is 14.3. The summed E-state index contributed by atoms with van der Waals surface area (Å²) in [5, 5.41) is 0. The summed E-state index contributed by atoms with van der Waals surface area (Å²) in [5.41, 5.74) is 2.13. The predicted molar refractivity (Wildman–Crippen MR) is 55.2 cm³/mol. The molecule has 1 aliphatic rings. The minimum atomic E-state index is 0.650. The van der Waals surface area contributed by atoms with Crippen molar-refractivity contribution in [2.24, 2.45) is 5.41 Å². The molecule has 0 aromatic carbocycles. The van der Waals surface area contributed by atoms with Gasteiger partial charge in [-0.3, -0.25) is 0 Å². The predicted octanol–water partition coefficient (Wildman–Crippen LogP) is 4.31. The Bertz CT molecular complexity index is 145. The number of rotatable bonds is 3. The minimum absolute atomic E-state index is 0.650. The molecule has 0 aromatic heterocycles. The van der Waals surface area contributed by atoms with Gasteiger partial charge in [0.2, 0.25) is 0 Å². The van der Waals surface area contributed by atoms with Crippen LogP contribution in [0.4, 0.5) is 0 Å². The van der Waals surface area contributed by atoms with Crippen molar-refractivity contribution in [3.63, 3.8) is 0 Å². The smallest absolute Gasteiger partial charge is 0.0318 e. The Morgan fingerprint density at radius 1 is 1.33 bits per heavy atom. The van der Waals surface area contributed by atoms with E-state index >= 15 is 0 Å². The van der Waals surface area contributed by atoms with Gasteiger partial charge in [-0.1, -0.05) is 38.8 Å². The Morgan fingerprint density at radius 3 is 2.42 bits per heavy atom. The third-order valence-corrected chi connectivity index (χ3v) is 3.30. The lowest BCUT2D eigenvalue weighted by atomic mass is 9.71. The Kier molecular flexibility index (Phi) is 3.37. The molecule has 0 spiro atoms. The average Bonchev–Trinajstić information content (AvgIpc) is 2.08. The molecule has 0 aliphatic heterocycles. The third kappa shape index (κ3) is 2.66. The first kappa shape index (κ1) is 9.83. The second-order valence-corrected chi connectivity index (χ2v) is 4.66. The molecule has 0 N–H and O–H groups in total. The van der Waals surface area contributed by atoms with Crippen LogP contribution in [0, 0.1) is 5.41 Å². The first-order valence-electron chi connectivity index (χ1n) is 5.33. The zero-order chi connectivity index (χ0) is 9.03. The molecule has 0 amide bonds. The van der Waals surface area contributed by atoms with E-state index < -0.39 is 0 Å². The van der Waals surface area contributed by atoms with Crippen LogP contribution in [0.1, 0.15) is 58.8 Å². The molecule has 0 saturated heterocycles. The fourth-order valence-electron chi connectivity index (χ4n) is 2.06. The van der Waals surface area contributed by atoms with Crippen LogP contribution < -0.4 is 0 Å². The molecule has 0 nitrogen and oxygen atoms in total. The SMILES string of the molecule is C=C1CCC(C)(CCCC)CC1. The van der Waals surface area contributed by atoms with Crippen molar-refractivity contribution in [2.45, 2.75) is 58.8 Å². The van der Waals surface area contributed by atoms with Gasteiger partial charge in [0.25, 0.3) is 0 Å². The molecule has 0 unspecified atom stereocenters. The van der Waals surface area contributed by atoms with Crippen molar-refractivity contribution in [2.75, 3.05) is 0 Å². The largest absolute Gasteiger partial charge is 0.0999 e. The molecular formula is C12H22. The van der Waals surface area contributed by atoms with E-state index in [0.29, 0.717) is 5.41 Å². The molecule has 1 fully saturated rings. The Balaban J connectivity index is 2.34. The van der Waals surface area contributed by atoms with E-state index in [-0.39, 0.29) is 0 Å². The maximum Gasteiger partial charge on any atom is -0.0318 e. The highest BCUT2D eigenvalue weighted by Crippen LogP contribution is 2.41. The topological polar surface area (TPSA) is 0 Å². The van der Waals surface area contributed by atoms with Gasteiger partial charge in [0.1, 0.15) is 0 Å². The molecule has 0 atom stereocenters. The molecule has 1 rings (SSSR count). The molecule has 0 aromatic rings. The number of hydrogen-bond acceptors (Lipinski definition) is 0. The molecule has 70 valence electrons. The highest BCUT2D eigenvalue weighted by Gasteiger charge is 2.26. The summed E-state index contributed by atoms with van der Waals surface area (Å²) >= 11 is 0. The van der Waals surface area contributed by atoms with E-state index in [4.69, 9.17) is 0 Å². The van der Waals surface area contributed by atoms with Crippen molar-refractivity contribution in [1.82, 2.24) is 0 Å². The van der Waals surface area contributed by atoms with Crippen LogP contribution in [0.2, 0.25) is 0 Å². The Morgan fingerprint density at radius 2 is 1.92 bits per heavy atom. The molecule has 1 saturated carbocycles. The van der Waals surface area contributed by atoms with Gasteiger partial charge >= 0.3 is 0 Å². The summed E-state index contributed by atoms with van der Waals surface area (Å²) in [4.78, 5) is 0. The maximum atomic E-state index is 4.06.